The summed E-state index contributed by atoms with van der Waals surface area (Å²) in [4.78, 5) is 0. The molecule has 2 N–H and O–H groups in total. The molecule has 0 radical (unpaired) electrons. The van der Waals surface area contributed by atoms with Crippen LogP contribution in [0.1, 0.15) is 59.3 Å². The Bertz CT molecular complexity index is 159. The van der Waals surface area contributed by atoms with Crippen LogP contribution in [-0.2, 0) is 0 Å². The fourth-order valence-corrected chi connectivity index (χ4v) is 2.98. The molecule has 1 rings (SSSR count). The second-order valence-electron chi connectivity index (χ2n) is 5.79. The Morgan fingerprint density at radius 2 is 1.73 bits per heavy atom. The van der Waals surface area contributed by atoms with Gasteiger partial charge in [-0.25, -0.2) is 0 Å². The molecular formula is C14H29N. The average Bonchev–Trinajstić information content (AvgIpc) is 2.26. The highest BCUT2D eigenvalue weighted by atomic mass is 14.5. The van der Waals surface area contributed by atoms with Crippen molar-refractivity contribution in [2.24, 2.45) is 29.4 Å². The third-order valence-corrected chi connectivity index (χ3v) is 4.57. The van der Waals surface area contributed by atoms with Gasteiger partial charge >= 0.3 is 0 Å². The highest BCUT2D eigenvalue weighted by Crippen LogP contribution is 2.37. The molecule has 1 aliphatic rings. The summed E-state index contributed by atoms with van der Waals surface area (Å²) in [5, 5.41) is 0. The predicted octanol–water partition coefficient (Wildman–Crippen LogP) is 3.82. The molecule has 1 heteroatoms. The van der Waals surface area contributed by atoms with Crippen molar-refractivity contribution in [2.75, 3.05) is 6.54 Å². The van der Waals surface area contributed by atoms with E-state index in [1.165, 1.54) is 38.5 Å². The maximum absolute atomic E-state index is 5.57. The summed E-state index contributed by atoms with van der Waals surface area (Å²) in [5.41, 5.74) is 5.57. The van der Waals surface area contributed by atoms with E-state index in [1.807, 2.05) is 0 Å². The standard InChI is InChI=1S/C14H29N/c1-11-6-8-14(9-7-11)13(3)12(2)5-4-10-15/h11-14H,4-10,15H2,1-3H3. The van der Waals surface area contributed by atoms with Gasteiger partial charge in [0.2, 0.25) is 0 Å². The Kier molecular flexibility index (Phi) is 5.66. The number of nitrogens with two attached hydrogens (primary N) is 1. The van der Waals surface area contributed by atoms with E-state index < -0.39 is 0 Å². The van der Waals surface area contributed by atoms with E-state index in [0.717, 1.165) is 30.2 Å². The Morgan fingerprint density at radius 3 is 2.27 bits per heavy atom. The average molecular weight is 211 g/mol. The summed E-state index contributed by atoms with van der Waals surface area (Å²) in [6, 6.07) is 0. The number of hydrogen-bond acceptors (Lipinski definition) is 1. The van der Waals surface area contributed by atoms with E-state index in [-0.39, 0.29) is 0 Å². The normalized spacial score (nSPS) is 31.2. The molecule has 0 spiro atoms. The topological polar surface area (TPSA) is 26.0 Å². The fourth-order valence-electron chi connectivity index (χ4n) is 2.98. The minimum atomic E-state index is 0.860. The van der Waals surface area contributed by atoms with Crippen LogP contribution in [0, 0.1) is 23.7 Å². The van der Waals surface area contributed by atoms with E-state index in [4.69, 9.17) is 5.73 Å². The van der Waals surface area contributed by atoms with Crippen LogP contribution < -0.4 is 5.73 Å². The molecule has 2 unspecified atom stereocenters. The molecule has 0 saturated heterocycles. The zero-order chi connectivity index (χ0) is 11.3. The van der Waals surface area contributed by atoms with Gasteiger partial charge in [-0.05, 0) is 55.9 Å². The van der Waals surface area contributed by atoms with E-state index >= 15 is 0 Å². The lowest BCUT2D eigenvalue weighted by Gasteiger charge is -2.34. The van der Waals surface area contributed by atoms with E-state index in [2.05, 4.69) is 20.8 Å². The monoisotopic (exact) mass is 211 g/mol. The first-order valence-corrected chi connectivity index (χ1v) is 6.85. The summed E-state index contributed by atoms with van der Waals surface area (Å²) in [7, 11) is 0. The molecule has 1 fully saturated rings. The third-order valence-electron chi connectivity index (χ3n) is 4.57. The second kappa shape index (κ2) is 6.52. The van der Waals surface area contributed by atoms with Crippen molar-refractivity contribution in [3.63, 3.8) is 0 Å². The summed E-state index contributed by atoms with van der Waals surface area (Å²) >= 11 is 0. The largest absolute Gasteiger partial charge is 0.330 e. The Balaban J connectivity index is 2.29. The van der Waals surface area contributed by atoms with Gasteiger partial charge in [-0.2, -0.15) is 0 Å². The van der Waals surface area contributed by atoms with Crippen molar-refractivity contribution in [1.29, 1.82) is 0 Å². The lowest BCUT2D eigenvalue weighted by atomic mass is 9.72. The Labute approximate surface area is 95.8 Å². The van der Waals surface area contributed by atoms with Gasteiger partial charge in [0.1, 0.15) is 0 Å². The molecule has 0 aromatic carbocycles. The van der Waals surface area contributed by atoms with Crippen molar-refractivity contribution in [1.82, 2.24) is 0 Å². The van der Waals surface area contributed by atoms with Crippen molar-refractivity contribution in [3.8, 4) is 0 Å². The molecule has 90 valence electrons. The molecule has 1 saturated carbocycles. The van der Waals surface area contributed by atoms with Crippen LogP contribution >= 0.6 is 0 Å². The molecule has 0 aromatic rings. The van der Waals surface area contributed by atoms with Crippen molar-refractivity contribution in [3.05, 3.63) is 0 Å². The maximum Gasteiger partial charge on any atom is -0.00772 e. The second-order valence-corrected chi connectivity index (χ2v) is 5.79. The molecular weight excluding hydrogens is 182 g/mol. The van der Waals surface area contributed by atoms with Gasteiger partial charge < -0.3 is 5.73 Å². The molecule has 0 heterocycles. The van der Waals surface area contributed by atoms with Crippen molar-refractivity contribution in [2.45, 2.75) is 59.3 Å². The molecule has 1 nitrogen and oxygen atoms in total. The molecule has 0 aliphatic heterocycles. The Morgan fingerprint density at radius 1 is 1.13 bits per heavy atom. The van der Waals surface area contributed by atoms with Gasteiger partial charge in [0.25, 0.3) is 0 Å². The van der Waals surface area contributed by atoms with Crippen LogP contribution in [0.15, 0.2) is 0 Å². The van der Waals surface area contributed by atoms with Crippen LogP contribution in [0.25, 0.3) is 0 Å². The van der Waals surface area contributed by atoms with Gasteiger partial charge in [-0.15, -0.1) is 0 Å². The number of rotatable bonds is 5. The van der Waals surface area contributed by atoms with Gasteiger partial charge in [0.05, 0.1) is 0 Å². The summed E-state index contributed by atoms with van der Waals surface area (Å²) in [6.07, 6.45) is 8.38. The summed E-state index contributed by atoms with van der Waals surface area (Å²) < 4.78 is 0. The first-order valence-electron chi connectivity index (χ1n) is 6.85. The minimum Gasteiger partial charge on any atom is -0.330 e. The van der Waals surface area contributed by atoms with Crippen LogP contribution in [-0.4, -0.2) is 6.54 Å². The lowest BCUT2D eigenvalue weighted by molar-refractivity contribution is 0.172. The van der Waals surface area contributed by atoms with Crippen LogP contribution in [0.3, 0.4) is 0 Å². The summed E-state index contributed by atoms with van der Waals surface area (Å²) in [6.45, 7) is 8.14. The molecule has 0 bridgehead atoms. The van der Waals surface area contributed by atoms with Crippen molar-refractivity contribution < 1.29 is 0 Å². The molecule has 0 amide bonds. The van der Waals surface area contributed by atoms with E-state index in [0.29, 0.717) is 0 Å². The molecule has 15 heavy (non-hydrogen) atoms. The van der Waals surface area contributed by atoms with Gasteiger partial charge in [0, 0.05) is 0 Å². The fraction of sp³-hybridized carbons (Fsp3) is 1.00. The van der Waals surface area contributed by atoms with Gasteiger partial charge in [-0.1, -0.05) is 33.6 Å². The lowest BCUT2D eigenvalue weighted by Crippen LogP contribution is -2.24. The van der Waals surface area contributed by atoms with E-state index in [1.54, 1.807) is 0 Å². The van der Waals surface area contributed by atoms with Gasteiger partial charge in [0.15, 0.2) is 0 Å². The minimum absolute atomic E-state index is 0.860. The third kappa shape index (κ3) is 4.14. The smallest absolute Gasteiger partial charge is 0.00772 e. The maximum atomic E-state index is 5.57. The van der Waals surface area contributed by atoms with Crippen LogP contribution in [0.2, 0.25) is 0 Å². The highest BCUT2D eigenvalue weighted by molar-refractivity contribution is 4.77. The summed E-state index contributed by atoms with van der Waals surface area (Å²) in [5.74, 6) is 3.75. The van der Waals surface area contributed by atoms with E-state index in [9.17, 15) is 0 Å². The first-order chi connectivity index (χ1) is 7.15. The van der Waals surface area contributed by atoms with Crippen LogP contribution in [0.5, 0.6) is 0 Å². The molecule has 2 atom stereocenters. The quantitative estimate of drug-likeness (QED) is 0.735. The van der Waals surface area contributed by atoms with Crippen molar-refractivity contribution >= 4 is 0 Å². The Hall–Kier alpha value is -0.0400. The molecule has 0 aromatic heterocycles. The predicted molar refractivity (Wildman–Crippen MR) is 67.7 cm³/mol. The highest BCUT2D eigenvalue weighted by Gasteiger charge is 2.26. The first kappa shape index (κ1) is 13.0. The SMILES string of the molecule is CC1CCC(C(C)C(C)CCCN)CC1. The number of hydrogen-bond donors (Lipinski definition) is 1. The van der Waals surface area contributed by atoms with Gasteiger partial charge in [-0.3, -0.25) is 0 Å². The zero-order valence-corrected chi connectivity index (χ0v) is 10.8. The zero-order valence-electron chi connectivity index (χ0n) is 10.8. The molecule has 1 aliphatic carbocycles. The van der Waals surface area contributed by atoms with Crippen LogP contribution in [0.4, 0.5) is 0 Å².